The van der Waals surface area contributed by atoms with E-state index in [9.17, 15) is 0 Å². The Morgan fingerprint density at radius 3 is 2.68 bits per heavy atom. The maximum atomic E-state index is 9.05. The largest absolute Gasteiger partial charge is 0.365 e. The van der Waals surface area contributed by atoms with Crippen LogP contribution in [0.5, 0.6) is 0 Å². The number of nitrogens with one attached hydrogen (secondary N) is 1. The molecule has 4 nitrogen and oxygen atoms in total. The molecule has 0 amide bonds. The van der Waals surface area contributed by atoms with Gasteiger partial charge in [0.25, 0.3) is 0 Å². The van der Waals surface area contributed by atoms with Gasteiger partial charge >= 0.3 is 0 Å². The number of aromatic nitrogens is 2. The summed E-state index contributed by atoms with van der Waals surface area (Å²) in [4.78, 5) is 8.20. The molecule has 1 unspecified atom stereocenters. The first-order valence-corrected chi connectivity index (χ1v) is 7.21. The number of hydrogen-bond acceptors (Lipinski definition) is 4. The van der Waals surface area contributed by atoms with E-state index >= 15 is 0 Å². The number of nitrogens with zero attached hydrogens (tertiary/aromatic N) is 3. The van der Waals surface area contributed by atoms with Gasteiger partial charge in [-0.15, -0.1) is 0 Å². The van der Waals surface area contributed by atoms with Gasteiger partial charge in [-0.3, -0.25) is 0 Å². The zero-order chi connectivity index (χ0) is 15.4. The average molecular weight is 288 g/mol. The predicted octanol–water partition coefficient (Wildman–Crippen LogP) is 3.54. The molecule has 108 valence electrons. The Bertz CT molecular complexity index is 836. The molecule has 0 aliphatic heterocycles. The van der Waals surface area contributed by atoms with Crippen LogP contribution >= 0.6 is 0 Å². The van der Waals surface area contributed by atoms with Crippen molar-refractivity contribution in [2.24, 2.45) is 0 Å². The van der Waals surface area contributed by atoms with Crippen LogP contribution in [0.1, 0.15) is 18.2 Å². The first-order valence-electron chi connectivity index (χ1n) is 7.21. The van der Waals surface area contributed by atoms with E-state index < -0.39 is 0 Å². The fourth-order valence-electron chi connectivity index (χ4n) is 2.53. The van der Waals surface area contributed by atoms with Crippen LogP contribution < -0.4 is 5.32 Å². The Labute approximate surface area is 129 Å². The van der Waals surface area contributed by atoms with Crippen molar-refractivity contribution in [1.29, 1.82) is 5.26 Å². The lowest BCUT2D eigenvalue weighted by Crippen LogP contribution is -2.19. The lowest BCUT2D eigenvalue weighted by Gasteiger charge is -2.15. The van der Waals surface area contributed by atoms with Crippen molar-refractivity contribution >= 4 is 16.6 Å². The number of hydrogen-bond donors (Lipinski definition) is 1. The Morgan fingerprint density at radius 2 is 1.86 bits per heavy atom. The van der Waals surface area contributed by atoms with Gasteiger partial charge < -0.3 is 5.32 Å². The number of benzene rings is 2. The first kappa shape index (κ1) is 14.0. The first-order chi connectivity index (χ1) is 10.8. The smallest absolute Gasteiger partial charge is 0.182 e. The normalized spacial score (nSPS) is 11.8. The Balaban J connectivity index is 1.75. The van der Waals surface area contributed by atoms with Gasteiger partial charge in [-0.1, -0.05) is 42.5 Å². The minimum absolute atomic E-state index is 0.157. The van der Waals surface area contributed by atoms with Crippen LogP contribution in [0.3, 0.4) is 0 Å². The van der Waals surface area contributed by atoms with Gasteiger partial charge in [0.1, 0.15) is 6.07 Å². The lowest BCUT2D eigenvalue weighted by atomic mass is 10.0. The van der Waals surface area contributed by atoms with Crippen molar-refractivity contribution in [3.8, 4) is 6.07 Å². The number of fused-ring (bicyclic) bond motifs is 1. The minimum Gasteiger partial charge on any atom is -0.365 e. The molecule has 0 fully saturated rings. The molecule has 22 heavy (non-hydrogen) atoms. The summed E-state index contributed by atoms with van der Waals surface area (Å²) in [7, 11) is 0. The van der Waals surface area contributed by atoms with Gasteiger partial charge in [0.05, 0.1) is 0 Å². The van der Waals surface area contributed by atoms with Crippen molar-refractivity contribution in [1.82, 2.24) is 9.97 Å². The molecular formula is C18H16N4. The molecule has 0 aliphatic rings. The summed E-state index contributed by atoms with van der Waals surface area (Å²) >= 11 is 0. The molecule has 1 atom stereocenters. The SMILES string of the molecule is CC(Cc1ccc2ccccc2c1)Nc1nccnc1C#N. The van der Waals surface area contributed by atoms with E-state index in [2.05, 4.69) is 58.6 Å². The molecule has 1 N–H and O–H groups in total. The van der Waals surface area contributed by atoms with E-state index in [0.29, 0.717) is 11.5 Å². The maximum Gasteiger partial charge on any atom is 0.182 e. The van der Waals surface area contributed by atoms with Gasteiger partial charge in [0, 0.05) is 18.4 Å². The lowest BCUT2D eigenvalue weighted by molar-refractivity contribution is 0.783. The van der Waals surface area contributed by atoms with Gasteiger partial charge in [-0.2, -0.15) is 5.26 Å². The van der Waals surface area contributed by atoms with Gasteiger partial charge in [-0.25, -0.2) is 9.97 Å². The molecule has 3 rings (SSSR count). The van der Waals surface area contributed by atoms with Crippen LogP contribution in [0, 0.1) is 11.3 Å². The monoisotopic (exact) mass is 288 g/mol. The summed E-state index contributed by atoms with van der Waals surface area (Å²) in [6.07, 6.45) is 3.97. The van der Waals surface area contributed by atoms with Crippen molar-refractivity contribution in [3.63, 3.8) is 0 Å². The van der Waals surface area contributed by atoms with E-state index in [1.807, 2.05) is 12.1 Å². The van der Waals surface area contributed by atoms with E-state index in [1.165, 1.54) is 22.5 Å². The van der Waals surface area contributed by atoms with Crippen LogP contribution in [0.25, 0.3) is 10.8 Å². The Hall–Kier alpha value is -2.93. The summed E-state index contributed by atoms with van der Waals surface area (Å²) in [6, 6.07) is 17.0. The van der Waals surface area contributed by atoms with E-state index in [0.717, 1.165) is 6.42 Å². The summed E-state index contributed by atoms with van der Waals surface area (Å²) in [5.41, 5.74) is 1.58. The predicted molar refractivity (Wildman–Crippen MR) is 87.5 cm³/mol. The molecule has 0 saturated heterocycles. The van der Waals surface area contributed by atoms with Crippen molar-refractivity contribution < 1.29 is 0 Å². The highest BCUT2D eigenvalue weighted by molar-refractivity contribution is 5.83. The molecule has 0 spiro atoms. The highest BCUT2D eigenvalue weighted by atomic mass is 15.0. The zero-order valence-corrected chi connectivity index (χ0v) is 12.3. The molecule has 0 bridgehead atoms. The third kappa shape index (κ3) is 3.04. The summed E-state index contributed by atoms with van der Waals surface area (Å²) in [5.74, 6) is 0.540. The Morgan fingerprint density at radius 1 is 1.09 bits per heavy atom. The molecule has 0 saturated carbocycles. The molecular weight excluding hydrogens is 272 g/mol. The number of rotatable bonds is 4. The third-order valence-corrected chi connectivity index (χ3v) is 3.54. The molecule has 0 radical (unpaired) electrons. The molecule has 0 aliphatic carbocycles. The van der Waals surface area contributed by atoms with Crippen molar-refractivity contribution in [2.75, 3.05) is 5.32 Å². The number of anilines is 1. The van der Waals surface area contributed by atoms with Crippen molar-refractivity contribution in [3.05, 3.63) is 66.1 Å². The second-order valence-electron chi connectivity index (χ2n) is 5.30. The summed E-state index contributed by atoms with van der Waals surface area (Å²) in [5, 5.41) is 14.8. The summed E-state index contributed by atoms with van der Waals surface area (Å²) in [6.45, 7) is 2.07. The van der Waals surface area contributed by atoms with Crippen molar-refractivity contribution in [2.45, 2.75) is 19.4 Å². The second kappa shape index (κ2) is 6.23. The minimum atomic E-state index is 0.157. The molecule has 1 heterocycles. The highest BCUT2D eigenvalue weighted by Gasteiger charge is 2.09. The van der Waals surface area contributed by atoms with Gasteiger partial charge in [-0.05, 0) is 29.7 Å². The average Bonchev–Trinajstić information content (AvgIpc) is 2.55. The van der Waals surface area contributed by atoms with E-state index in [-0.39, 0.29) is 6.04 Å². The standard InChI is InChI=1S/C18H16N4/c1-13(22-18-17(12-19)20-8-9-21-18)10-14-6-7-15-4-2-3-5-16(15)11-14/h2-9,11,13H,10H2,1H3,(H,21,22). The van der Waals surface area contributed by atoms with Crippen LogP contribution in [-0.4, -0.2) is 16.0 Å². The van der Waals surface area contributed by atoms with E-state index in [1.54, 1.807) is 6.20 Å². The molecule has 3 aromatic rings. The van der Waals surface area contributed by atoms with Crippen LogP contribution in [0.15, 0.2) is 54.9 Å². The van der Waals surface area contributed by atoms with E-state index in [4.69, 9.17) is 5.26 Å². The number of nitriles is 1. The molecule has 2 aromatic carbocycles. The second-order valence-corrected chi connectivity index (χ2v) is 5.30. The van der Waals surface area contributed by atoms with Crippen LogP contribution in [0.4, 0.5) is 5.82 Å². The van der Waals surface area contributed by atoms with Crippen LogP contribution in [-0.2, 0) is 6.42 Å². The topological polar surface area (TPSA) is 61.6 Å². The Kier molecular flexibility index (Phi) is 3.97. The molecule has 1 aromatic heterocycles. The quantitative estimate of drug-likeness (QED) is 0.797. The van der Waals surface area contributed by atoms with Gasteiger partial charge in [0.2, 0.25) is 0 Å². The zero-order valence-electron chi connectivity index (χ0n) is 12.3. The fourth-order valence-corrected chi connectivity index (χ4v) is 2.53. The summed E-state index contributed by atoms with van der Waals surface area (Å²) < 4.78 is 0. The highest BCUT2D eigenvalue weighted by Crippen LogP contribution is 2.18. The molecule has 4 heteroatoms. The maximum absolute atomic E-state index is 9.05. The third-order valence-electron chi connectivity index (χ3n) is 3.54. The van der Waals surface area contributed by atoms with Gasteiger partial charge in [0.15, 0.2) is 11.5 Å². The fraction of sp³-hybridized carbons (Fsp3) is 0.167. The van der Waals surface area contributed by atoms with Crippen LogP contribution in [0.2, 0.25) is 0 Å².